The highest BCUT2D eigenvalue weighted by Gasteiger charge is 2.29. The molecule has 0 aromatic heterocycles. The van der Waals surface area contributed by atoms with E-state index in [0.717, 1.165) is 22.6 Å². The summed E-state index contributed by atoms with van der Waals surface area (Å²) in [6.45, 7) is 6.30. The molecular weight excluding hydrogens is 444 g/mol. The summed E-state index contributed by atoms with van der Waals surface area (Å²) in [5.74, 6) is 1.20. The molecule has 1 N–H and O–H groups in total. The van der Waals surface area contributed by atoms with E-state index >= 15 is 0 Å². The second-order valence-corrected chi connectivity index (χ2v) is 9.27. The number of benzene rings is 2. The Morgan fingerprint density at radius 1 is 1.12 bits per heavy atom. The van der Waals surface area contributed by atoms with Crippen LogP contribution >= 0.6 is 23.4 Å². The summed E-state index contributed by atoms with van der Waals surface area (Å²) in [5, 5.41) is 3.72. The van der Waals surface area contributed by atoms with Crippen molar-refractivity contribution >= 4 is 35.2 Å². The van der Waals surface area contributed by atoms with E-state index in [1.807, 2.05) is 69.3 Å². The minimum atomic E-state index is -0.525. The third kappa shape index (κ3) is 8.06. The molecule has 32 heavy (non-hydrogen) atoms. The number of carbonyl (C=O) groups excluding carboxylic acids is 2. The largest absolute Gasteiger partial charge is 0.497 e. The molecule has 0 saturated carbocycles. The normalized spacial score (nSPS) is 12.7. The van der Waals surface area contributed by atoms with Gasteiger partial charge in [-0.05, 0) is 61.7 Å². The Hall–Kier alpha value is -2.18. The maximum absolute atomic E-state index is 13.3. The maximum atomic E-state index is 13.3. The molecular formula is C25H33ClN2O3S. The van der Waals surface area contributed by atoms with Crippen LogP contribution in [0.2, 0.25) is 5.02 Å². The van der Waals surface area contributed by atoms with Crippen LogP contribution in [-0.2, 0) is 16.1 Å². The van der Waals surface area contributed by atoms with Gasteiger partial charge in [0.15, 0.2) is 0 Å². The number of rotatable bonds is 12. The Bertz CT molecular complexity index is 876. The van der Waals surface area contributed by atoms with Gasteiger partial charge in [-0.1, -0.05) is 37.6 Å². The zero-order chi connectivity index (χ0) is 23.5. The molecule has 2 aromatic rings. The smallest absolute Gasteiger partial charge is 0.243 e. The molecule has 0 fully saturated rings. The van der Waals surface area contributed by atoms with E-state index in [1.165, 1.54) is 0 Å². The fraction of sp³-hybridized carbons (Fsp3) is 0.440. The first-order valence-corrected chi connectivity index (χ1v) is 12.3. The Kier molecular flexibility index (Phi) is 10.9. The van der Waals surface area contributed by atoms with E-state index in [4.69, 9.17) is 16.3 Å². The third-order valence-corrected chi connectivity index (χ3v) is 6.54. The van der Waals surface area contributed by atoms with E-state index in [2.05, 4.69) is 5.32 Å². The summed E-state index contributed by atoms with van der Waals surface area (Å²) < 4.78 is 5.33. The van der Waals surface area contributed by atoms with Gasteiger partial charge in [0.25, 0.3) is 0 Å². The van der Waals surface area contributed by atoms with Crippen molar-refractivity contribution in [3.05, 3.63) is 59.1 Å². The molecule has 2 aromatic carbocycles. The van der Waals surface area contributed by atoms with Gasteiger partial charge < -0.3 is 15.0 Å². The minimum absolute atomic E-state index is 0.0413. The lowest BCUT2D eigenvalue weighted by molar-refractivity contribution is -0.141. The maximum Gasteiger partial charge on any atom is 0.243 e. The first kappa shape index (κ1) is 26.1. The Balaban J connectivity index is 2.15. The third-order valence-electron chi connectivity index (χ3n) is 5.27. The standard InChI is InChI=1S/C25H33ClN2O3S/c1-5-18(3)27-25(30)23(6-2)28(17-19-8-7-9-21(16-19)31-4)24(29)14-15-32-22-12-10-20(26)11-13-22/h7-13,16,18,23H,5-6,14-15,17H2,1-4H3,(H,27,30). The predicted octanol–water partition coefficient (Wildman–Crippen LogP) is 5.55. The number of methoxy groups -OCH3 is 1. The van der Waals surface area contributed by atoms with Crippen LogP contribution in [0.4, 0.5) is 0 Å². The van der Waals surface area contributed by atoms with Crippen molar-refractivity contribution in [3.8, 4) is 5.75 Å². The number of ether oxygens (including phenoxy) is 1. The molecule has 2 rings (SSSR count). The number of carbonyl (C=O) groups is 2. The number of nitrogens with zero attached hydrogens (tertiary/aromatic N) is 1. The van der Waals surface area contributed by atoms with Gasteiger partial charge in [-0.25, -0.2) is 0 Å². The lowest BCUT2D eigenvalue weighted by Crippen LogP contribution is -2.50. The zero-order valence-corrected chi connectivity index (χ0v) is 20.8. The number of amides is 2. The van der Waals surface area contributed by atoms with Crippen LogP contribution in [0.1, 0.15) is 45.6 Å². The van der Waals surface area contributed by atoms with Crippen LogP contribution in [0.25, 0.3) is 0 Å². The topological polar surface area (TPSA) is 58.6 Å². The summed E-state index contributed by atoms with van der Waals surface area (Å²) in [6.07, 6.45) is 1.72. The lowest BCUT2D eigenvalue weighted by Gasteiger charge is -2.31. The molecule has 0 aliphatic carbocycles. The molecule has 0 aliphatic heterocycles. The minimum Gasteiger partial charge on any atom is -0.497 e. The second kappa shape index (κ2) is 13.4. The van der Waals surface area contributed by atoms with Gasteiger partial charge in [0.05, 0.1) is 7.11 Å². The molecule has 2 atom stereocenters. The molecule has 5 nitrogen and oxygen atoms in total. The van der Waals surface area contributed by atoms with Crippen molar-refractivity contribution in [2.24, 2.45) is 0 Å². The zero-order valence-electron chi connectivity index (χ0n) is 19.3. The highest BCUT2D eigenvalue weighted by atomic mass is 35.5. The van der Waals surface area contributed by atoms with E-state index in [0.29, 0.717) is 30.2 Å². The predicted molar refractivity (Wildman–Crippen MR) is 132 cm³/mol. The number of nitrogens with one attached hydrogen (secondary N) is 1. The van der Waals surface area contributed by atoms with Crippen molar-refractivity contribution in [1.29, 1.82) is 0 Å². The van der Waals surface area contributed by atoms with Crippen LogP contribution in [0.5, 0.6) is 5.75 Å². The number of halogens is 1. The molecule has 2 amide bonds. The monoisotopic (exact) mass is 476 g/mol. The van der Waals surface area contributed by atoms with E-state index in [9.17, 15) is 9.59 Å². The SMILES string of the molecule is CCC(C)NC(=O)C(CC)N(Cc1cccc(OC)c1)C(=O)CCSc1ccc(Cl)cc1. The molecule has 2 unspecified atom stereocenters. The van der Waals surface area contributed by atoms with Gasteiger partial charge in [0.1, 0.15) is 11.8 Å². The highest BCUT2D eigenvalue weighted by molar-refractivity contribution is 7.99. The van der Waals surface area contributed by atoms with Gasteiger partial charge in [0.2, 0.25) is 11.8 Å². The van der Waals surface area contributed by atoms with Gasteiger partial charge in [0, 0.05) is 34.7 Å². The summed E-state index contributed by atoms with van der Waals surface area (Å²) in [6, 6.07) is 14.7. The fourth-order valence-electron chi connectivity index (χ4n) is 3.26. The van der Waals surface area contributed by atoms with Gasteiger partial charge in [-0.3, -0.25) is 9.59 Å². The summed E-state index contributed by atoms with van der Waals surface area (Å²) in [7, 11) is 1.62. The van der Waals surface area contributed by atoms with Crippen molar-refractivity contribution in [2.75, 3.05) is 12.9 Å². The molecule has 0 saturated heterocycles. The summed E-state index contributed by atoms with van der Waals surface area (Å²) in [4.78, 5) is 29.0. The fourth-order valence-corrected chi connectivity index (χ4v) is 4.23. The second-order valence-electron chi connectivity index (χ2n) is 7.67. The van der Waals surface area contributed by atoms with E-state index in [1.54, 1.807) is 23.8 Å². The summed E-state index contributed by atoms with van der Waals surface area (Å²) >= 11 is 7.55. The van der Waals surface area contributed by atoms with Crippen LogP contribution < -0.4 is 10.1 Å². The van der Waals surface area contributed by atoms with Crippen LogP contribution in [0.3, 0.4) is 0 Å². The van der Waals surface area contributed by atoms with E-state index < -0.39 is 6.04 Å². The van der Waals surface area contributed by atoms with Crippen molar-refractivity contribution < 1.29 is 14.3 Å². The average molecular weight is 477 g/mol. The van der Waals surface area contributed by atoms with Crippen molar-refractivity contribution in [1.82, 2.24) is 10.2 Å². The van der Waals surface area contributed by atoms with Crippen molar-refractivity contribution in [3.63, 3.8) is 0 Å². The number of thioether (sulfide) groups is 1. The molecule has 174 valence electrons. The van der Waals surface area contributed by atoms with Gasteiger partial charge >= 0.3 is 0 Å². The highest BCUT2D eigenvalue weighted by Crippen LogP contribution is 2.23. The molecule has 7 heteroatoms. The molecule has 0 spiro atoms. The quantitative estimate of drug-likeness (QED) is 0.408. The van der Waals surface area contributed by atoms with Gasteiger partial charge in [-0.2, -0.15) is 0 Å². The Morgan fingerprint density at radius 3 is 2.47 bits per heavy atom. The molecule has 0 aliphatic rings. The first-order chi connectivity index (χ1) is 15.4. The van der Waals surface area contributed by atoms with Crippen LogP contribution in [-0.4, -0.2) is 41.7 Å². The molecule has 0 heterocycles. The average Bonchev–Trinajstić information content (AvgIpc) is 2.80. The molecule has 0 bridgehead atoms. The number of hydrogen-bond acceptors (Lipinski definition) is 4. The van der Waals surface area contributed by atoms with Crippen LogP contribution in [0, 0.1) is 0 Å². The first-order valence-electron chi connectivity index (χ1n) is 11.0. The summed E-state index contributed by atoms with van der Waals surface area (Å²) in [5.41, 5.74) is 0.929. The van der Waals surface area contributed by atoms with Crippen molar-refractivity contribution in [2.45, 2.75) is 63.6 Å². The number of hydrogen-bond donors (Lipinski definition) is 1. The Labute approximate surface area is 200 Å². The molecule has 0 radical (unpaired) electrons. The van der Waals surface area contributed by atoms with Gasteiger partial charge in [-0.15, -0.1) is 11.8 Å². The van der Waals surface area contributed by atoms with Crippen LogP contribution in [0.15, 0.2) is 53.4 Å². The lowest BCUT2D eigenvalue weighted by atomic mass is 10.1. The Morgan fingerprint density at radius 2 is 1.84 bits per heavy atom. The van der Waals surface area contributed by atoms with E-state index in [-0.39, 0.29) is 17.9 Å².